The van der Waals surface area contributed by atoms with E-state index in [1.165, 1.54) is 0 Å². The van der Waals surface area contributed by atoms with Crippen LogP contribution >= 0.6 is 0 Å². The molecule has 2 nitrogen and oxygen atoms in total. The second-order valence-corrected chi connectivity index (χ2v) is 2.77. The van der Waals surface area contributed by atoms with Crippen molar-refractivity contribution in [3.05, 3.63) is 11.1 Å². The smallest absolute Gasteiger partial charge is 0.331 e. The van der Waals surface area contributed by atoms with Crippen LogP contribution in [0.15, 0.2) is 11.1 Å². The van der Waals surface area contributed by atoms with Crippen LogP contribution in [0.4, 0.5) is 0 Å². The highest BCUT2D eigenvalue weighted by Crippen LogP contribution is 2.13. The predicted molar refractivity (Wildman–Crippen MR) is 40.8 cm³/mol. The molecule has 0 aliphatic heterocycles. The number of hydrogen-bond donors (Lipinski definition) is 1. The molecule has 0 fully saturated rings. The van der Waals surface area contributed by atoms with Gasteiger partial charge in [-0.15, -0.1) is 0 Å². The minimum absolute atomic E-state index is 0.330. The van der Waals surface area contributed by atoms with Crippen LogP contribution in [-0.2, 0) is 4.79 Å². The van der Waals surface area contributed by atoms with E-state index >= 15 is 0 Å². The van der Waals surface area contributed by atoms with Crippen molar-refractivity contribution in [3.63, 3.8) is 0 Å². The highest BCUT2D eigenvalue weighted by Gasteiger charge is 2.06. The SMILES string of the molecule is CC(C(=O)O)=C(C)C(C)C. The summed E-state index contributed by atoms with van der Waals surface area (Å²) >= 11 is 0. The summed E-state index contributed by atoms with van der Waals surface area (Å²) in [5, 5.41) is 8.54. The Morgan fingerprint density at radius 3 is 1.80 bits per heavy atom. The van der Waals surface area contributed by atoms with Crippen LogP contribution in [-0.4, -0.2) is 11.1 Å². The maximum atomic E-state index is 10.4. The van der Waals surface area contributed by atoms with E-state index < -0.39 is 5.97 Å². The van der Waals surface area contributed by atoms with Crippen LogP contribution in [0.25, 0.3) is 0 Å². The van der Waals surface area contributed by atoms with Crippen molar-refractivity contribution >= 4 is 5.97 Å². The molecule has 0 aromatic rings. The van der Waals surface area contributed by atoms with Crippen LogP contribution in [0.1, 0.15) is 27.7 Å². The van der Waals surface area contributed by atoms with Crippen molar-refractivity contribution < 1.29 is 9.90 Å². The summed E-state index contributed by atoms with van der Waals surface area (Å²) in [6.07, 6.45) is 0. The summed E-state index contributed by atoms with van der Waals surface area (Å²) in [6.45, 7) is 7.47. The van der Waals surface area contributed by atoms with E-state index in [2.05, 4.69) is 0 Å². The Balaban J connectivity index is 4.50. The largest absolute Gasteiger partial charge is 0.478 e. The van der Waals surface area contributed by atoms with Crippen LogP contribution in [0.2, 0.25) is 0 Å². The number of allylic oxidation sites excluding steroid dienone is 1. The number of hydrogen-bond acceptors (Lipinski definition) is 1. The quantitative estimate of drug-likeness (QED) is 0.599. The van der Waals surface area contributed by atoms with Crippen LogP contribution < -0.4 is 0 Å². The highest BCUT2D eigenvalue weighted by molar-refractivity contribution is 5.86. The van der Waals surface area contributed by atoms with Gasteiger partial charge >= 0.3 is 5.97 Å². The van der Waals surface area contributed by atoms with E-state index in [4.69, 9.17) is 5.11 Å². The van der Waals surface area contributed by atoms with E-state index in [1.807, 2.05) is 20.8 Å². The van der Waals surface area contributed by atoms with Gasteiger partial charge in [0.25, 0.3) is 0 Å². The Kier molecular flexibility index (Phi) is 3.13. The van der Waals surface area contributed by atoms with Gasteiger partial charge < -0.3 is 5.11 Å². The van der Waals surface area contributed by atoms with Gasteiger partial charge in [-0.2, -0.15) is 0 Å². The molecule has 0 amide bonds. The van der Waals surface area contributed by atoms with Crippen molar-refractivity contribution in [3.8, 4) is 0 Å². The lowest BCUT2D eigenvalue weighted by molar-refractivity contribution is -0.132. The first-order chi connectivity index (χ1) is 4.46. The maximum absolute atomic E-state index is 10.4. The summed E-state index contributed by atoms with van der Waals surface area (Å²) in [7, 11) is 0. The zero-order chi connectivity index (χ0) is 8.31. The highest BCUT2D eigenvalue weighted by atomic mass is 16.4. The molecule has 0 rings (SSSR count). The molecule has 0 saturated carbocycles. The van der Waals surface area contributed by atoms with Gasteiger partial charge in [0, 0.05) is 5.57 Å². The first kappa shape index (κ1) is 9.21. The molecule has 2 heteroatoms. The van der Waals surface area contributed by atoms with Gasteiger partial charge in [-0.25, -0.2) is 4.79 Å². The molecular weight excluding hydrogens is 128 g/mol. The van der Waals surface area contributed by atoms with Gasteiger partial charge in [-0.1, -0.05) is 19.4 Å². The Morgan fingerprint density at radius 2 is 1.70 bits per heavy atom. The fraction of sp³-hybridized carbons (Fsp3) is 0.625. The monoisotopic (exact) mass is 142 g/mol. The molecule has 0 aliphatic rings. The molecule has 0 aromatic heterocycles. The van der Waals surface area contributed by atoms with E-state index in [-0.39, 0.29) is 0 Å². The third-order valence-corrected chi connectivity index (χ3v) is 1.78. The summed E-state index contributed by atoms with van der Waals surface area (Å²) in [4.78, 5) is 10.4. The minimum atomic E-state index is -0.814. The molecule has 0 unspecified atom stereocenters. The molecule has 58 valence electrons. The molecule has 0 heterocycles. The van der Waals surface area contributed by atoms with E-state index in [0.717, 1.165) is 5.57 Å². The molecule has 0 spiro atoms. The van der Waals surface area contributed by atoms with Crippen LogP contribution in [0.5, 0.6) is 0 Å². The molecule has 1 N–H and O–H groups in total. The van der Waals surface area contributed by atoms with Crippen LogP contribution in [0, 0.1) is 5.92 Å². The molecule has 10 heavy (non-hydrogen) atoms. The Bertz CT molecular complexity index is 166. The summed E-state index contributed by atoms with van der Waals surface area (Å²) in [5.41, 5.74) is 1.42. The zero-order valence-corrected chi connectivity index (χ0v) is 6.93. The van der Waals surface area contributed by atoms with Crippen molar-refractivity contribution in [2.75, 3.05) is 0 Å². The first-order valence-corrected chi connectivity index (χ1v) is 3.37. The molecule has 0 saturated heterocycles. The molecule has 0 aliphatic carbocycles. The number of aliphatic carboxylic acids is 1. The van der Waals surface area contributed by atoms with Crippen molar-refractivity contribution in [1.82, 2.24) is 0 Å². The van der Waals surface area contributed by atoms with Crippen molar-refractivity contribution in [2.24, 2.45) is 5.92 Å². The van der Waals surface area contributed by atoms with Crippen molar-refractivity contribution in [2.45, 2.75) is 27.7 Å². The van der Waals surface area contributed by atoms with Gasteiger partial charge in [0.05, 0.1) is 0 Å². The standard InChI is InChI=1S/C8H14O2/c1-5(2)6(3)7(4)8(9)10/h5H,1-4H3,(H,9,10). The fourth-order valence-corrected chi connectivity index (χ4v) is 0.602. The second-order valence-electron chi connectivity index (χ2n) is 2.77. The Labute approximate surface area is 61.6 Å². The molecule has 0 atom stereocenters. The summed E-state index contributed by atoms with van der Waals surface area (Å²) in [5.74, 6) is -0.484. The lowest BCUT2D eigenvalue weighted by Gasteiger charge is -2.06. The fourth-order valence-electron chi connectivity index (χ4n) is 0.602. The molecular formula is C8H14O2. The number of carbonyl (C=O) groups is 1. The van der Waals surface area contributed by atoms with Gasteiger partial charge in [-0.05, 0) is 19.8 Å². The zero-order valence-electron chi connectivity index (χ0n) is 6.93. The second kappa shape index (κ2) is 3.40. The summed E-state index contributed by atoms with van der Waals surface area (Å²) in [6, 6.07) is 0. The lowest BCUT2D eigenvalue weighted by atomic mass is 10.0. The van der Waals surface area contributed by atoms with E-state index in [1.54, 1.807) is 6.92 Å². The average molecular weight is 142 g/mol. The normalized spacial score (nSPS) is 13.3. The van der Waals surface area contributed by atoms with Gasteiger partial charge in [0.15, 0.2) is 0 Å². The maximum Gasteiger partial charge on any atom is 0.331 e. The number of carboxylic acid groups (broad SMARTS) is 1. The van der Waals surface area contributed by atoms with Gasteiger partial charge in [0.2, 0.25) is 0 Å². The third kappa shape index (κ3) is 2.21. The molecule has 0 aromatic carbocycles. The Morgan fingerprint density at radius 1 is 1.30 bits per heavy atom. The van der Waals surface area contributed by atoms with Crippen molar-refractivity contribution in [1.29, 1.82) is 0 Å². The van der Waals surface area contributed by atoms with Gasteiger partial charge in [0.1, 0.15) is 0 Å². The number of carboxylic acids is 1. The molecule has 0 radical (unpaired) electrons. The van der Waals surface area contributed by atoms with Gasteiger partial charge in [-0.3, -0.25) is 0 Å². The number of rotatable bonds is 2. The first-order valence-electron chi connectivity index (χ1n) is 3.37. The molecule has 0 bridgehead atoms. The lowest BCUT2D eigenvalue weighted by Crippen LogP contribution is -2.02. The third-order valence-electron chi connectivity index (χ3n) is 1.78. The minimum Gasteiger partial charge on any atom is -0.478 e. The van der Waals surface area contributed by atoms with E-state index in [9.17, 15) is 4.79 Å². The van der Waals surface area contributed by atoms with E-state index in [0.29, 0.717) is 11.5 Å². The van der Waals surface area contributed by atoms with Crippen LogP contribution in [0.3, 0.4) is 0 Å². The average Bonchev–Trinajstić information content (AvgIpc) is 1.84. The topological polar surface area (TPSA) is 37.3 Å². The summed E-state index contributed by atoms with van der Waals surface area (Å²) < 4.78 is 0. The Hall–Kier alpha value is -0.790. The predicted octanol–water partition coefficient (Wildman–Crippen LogP) is 2.06.